The second-order valence-corrected chi connectivity index (χ2v) is 8.56. The lowest BCUT2D eigenvalue weighted by molar-refractivity contribution is -0.140. The van der Waals surface area contributed by atoms with Crippen molar-refractivity contribution in [1.82, 2.24) is 0 Å². The monoisotopic (exact) mass is 512 g/mol. The number of unbranched alkanes of at least 4 members (excludes halogenated alkanes) is 8. The smallest absolute Gasteiger partial charge is 0.332 e. The zero-order valence-electron chi connectivity index (χ0n) is 22.8. The minimum atomic E-state index is -1.08. The average molecular weight is 513 g/mol. The van der Waals surface area contributed by atoms with Crippen LogP contribution in [0.15, 0.2) is 23.3 Å². The van der Waals surface area contributed by atoms with Crippen molar-refractivity contribution in [3.05, 3.63) is 23.3 Å². The molecule has 0 atom stereocenters. The van der Waals surface area contributed by atoms with Crippen LogP contribution in [0.4, 0.5) is 0 Å². The molecule has 0 heterocycles. The van der Waals surface area contributed by atoms with Gasteiger partial charge in [-0.05, 0) is 38.5 Å². The first-order chi connectivity index (χ1) is 17.2. The number of carbonyl (C=O) groups is 4. The molecule has 0 aliphatic heterocycles. The van der Waals surface area contributed by atoms with Gasteiger partial charge in [-0.2, -0.15) is 0 Å². The van der Waals surface area contributed by atoms with Crippen molar-refractivity contribution < 1.29 is 38.9 Å². The van der Waals surface area contributed by atoms with E-state index in [4.69, 9.17) is 19.7 Å². The molecule has 0 saturated carbocycles. The van der Waals surface area contributed by atoms with Crippen LogP contribution in [0.25, 0.3) is 0 Å². The first-order valence-electron chi connectivity index (χ1n) is 13.4. The number of rotatable bonds is 20. The maximum atomic E-state index is 11.2. The molecule has 0 aliphatic carbocycles. The van der Waals surface area contributed by atoms with Crippen LogP contribution in [-0.4, -0.2) is 47.3 Å². The minimum Gasteiger partial charge on any atom is -0.478 e. The molecule has 0 spiro atoms. The van der Waals surface area contributed by atoms with Gasteiger partial charge >= 0.3 is 23.9 Å². The number of carboxylic acid groups (broad SMARTS) is 2. The van der Waals surface area contributed by atoms with E-state index < -0.39 is 23.9 Å². The van der Waals surface area contributed by atoms with Gasteiger partial charge in [-0.25, -0.2) is 19.2 Å². The van der Waals surface area contributed by atoms with E-state index in [0.29, 0.717) is 26.1 Å². The van der Waals surface area contributed by atoms with Gasteiger partial charge in [0.15, 0.2) is 0 Å². The zero-order chi connectivity index (χ0) is 27.6. The fraction of sp³-hybridized carbons (Fsp3) is 0.714. The Kier molecular flexibility index (Phi) is 25.1. The first-order valence-corrected chi connectivity index (χ1v) is 13.4. The molecule has 0 aliphatic rings. The molecule has 0 saturated heterocycles. The van der Waals surface area contributed by atoms with Gasteiger partial charge in [0.25, 0.3) is 0 Å². The third-order valence-electron chi connectivity index (χ3n) is 5.28. The summed E-state index contributed by atoms with van der Waals surface area (Å²) in [5, 5.41) is 18.3. The van der Waals surface area contributed by atoms with Gasteiger partial charge in [0.05, 0.1) is 13.2 Å². The lowest BCUT2D eigenvalue weighted by Gasteiger charge is -2.08. The quantitative estimate of drug-likeness (QED) is 0.106. The molecule has 2 N–H and O–H groups in total. The number of ether oxygens (including phenoxy) is 2. The van der Waals surface area contributed by atoms with Crippen LogP contribution in [0.5, 0.6) is 0 Å². The summed E-state index contributed by atoms with van der Waals surface area (Å²) in [6.45, 7) is 9.03. The van der Waals surface area contributed by atoms with Crippen molar-refractivity contribution in [2.45, 2.75) is 118 Å². The molecule has 0 radical (unpaired) electrons. The molecule has 0 aromatic carbocycles. The number of aliphatic carboxylic acids is 2. The molecule has 0 aromatic rings. The van der Waals surface area contributed by atoms with Crippen LogP contribution >= 0.6 is 0 Å². The highest BCUT2D eigenvalue weighted by molar-refractivity contribution is 5.98. The summed E-state index contributed by atoms with van der Waals surface area (Å²) in [5.41, 5.74) is 0.180. The van der Waals surface area contributed by atoms with Gasteiger partial charge in [-0.3, -0.25) is 0 Å². The Labute approximate surface area is 217 Å². The maximum absolute atomic E-state index is 11.2. The van der Waals surface area contributed by atoms with Crippen LogP contribution in [0.2, 0.25) is 0 Å². The lowest BCUT2D eigenvalue weighted by Crippen LogP contribution is -2.12. The highest BCUT2D eigenvalue weighted by atomic mass is 16.5. The van der Waals surface area contributed by atoms with E-state index in [1.807, 2.05) is 13.8 Å². The van der Waals surface area contributed by atoms with E-state index in [1.54, 1.807) is 0 Å². The largest absolute Gasteiger partial charge is 0.478 e. The Morgan fingerprint density at radius 1 is 0.528 bits per heavy atom. The Morgan fingerprint density at radius 2 is 0.833 bits per heavy atom. The Hall–Kier alpha value is -2.64. The molecule has 208 valence electrons. The van der Waals surface area contributed by atoms with Crippen LogP contribution in [0.1, 0.15) is 118 Å². The minimum absolute atomic E-state index is 0.0899. The SMILES string of the molecule is CCCCC/C(C(=O)O)=C(\CCCCC)C(=O)O.CCCCCOC(=O)/C=C\C(=O)OCCCCC. The average Bonchev–Trinajstić information content (AvgIpc) is 2.84. The molecule has 0 amide bonds. The van der Waals surface area contributed by atoms with Gasteiger partial charge < -0.3 is 19.7 Å². The van der Waals surface area contributed by atoms with E-state index in [-0.39, 0.29) is 11.1 Å². The summed E-state index contributed by atoms with van der Waals surface area (Å²) in [5.74, 6) is -3.15. The van der Waals surface area contributed by atoms with Crippen LogP contribution in [0.3, 0.4) is 0 Å². The molecule has 0 rings (SSSR count). The topological polar surface area (TPSA) is 127 Å². The van der Waals surface area contributed by atoms with Crippen LogP contribution in [0, 0.1) is 0 Å². The Bertz CT molecular complexity index is 623. The van der Waals surface area contributed by atoms with Crippen molar-refractivity contribution in [2.75, 3.05) is 13.2 Å². The maximum Gasteiger partial charge on any atom is 0.332 e. The second-order valence-electron chi connectivity index (χ2n) is 8.56. The van der Waals surface area contributed by atoms with Crippen molar-refractivity contribution in [3.8, 4) is 0 Å². The lowest BCUT2D eigenvalue weighted by atomic mass is 9.97. The predicted molar refractivity (Wildman–Crippen MR) is 141 cm³/mol. The summed E-state index contributed by atoms with van der Waals surface area (Å²) in [7, 11) is 0. The molecule has 8 nitrogen and oxygen atoms in total. The van der Waals surface area contributed by atoms with Crippen molar-refractivity contribution >= 4 is 23.9 Å². The molecule has 36 heavy (non-hydrogen) atoms. The zero-order valence-corrected chi connectivity index (χ0v) is 22.8. The van der Waals surface area contributed by atoms with Gasteiger partial charge in [-0.1, -0.05) is 79.1 Å². The van der Waals surface area contributed by atoms with Crippen molar-refractivity contribution in [2.24, 2.45) is 0 Å². The van der Waals surface area contributed by atoms with Gasteiger partial charge in [0.2, 0.25) is 0 Å². The number of carboxylic acids is 2. The standard InChI is InChI=1S/2C14H24O4/c1-3-5-7-11-17-13(15)9-10-14(16)18-12-8-6-4-2;1-3-5-7-9-11(13(15)16)12(14(17)18)10-8-6-4-2/h9-10H,3-8,11-12H2,1-2H3;3-10H2,1-2H3,(H,15,16)(H,17,18)/b10-9-;12-11-. The summed E-state index contributed by atoms with van der Waals surface area (Å²) in [6.07, 6.45) is 14.2. The predicted octanol–water partition coefficient (Wildman–Crippen LogP) is 6.62. The third kappa shape index (κ3) is 21.9. The molecular formula is C28H48O8. The summed E-state index contributed by atoms with van der Waals surface area (Å²) in [6, 6.07) is 0. The summed E-state index contributed by atoms with van der Waals surface area (Å²) < 4.78 is 9.81. The first kappa shape index (κ1) is 35.5. The van der Waals surface area contributed by atoms with E-state index in [9.17, 15) is 19.2 Å². The fourth-order valence-corrected chi connectivity index (χ4v) is 3.16. The molecule has 0 bridgehead atoms. The molecular weight excluding hydrogens is 464 g/mol. The number of carbonyl (C=O) groups excluding carboxylic acids is 2. The summed E-state index contributed by atoms with van der Waals surface area (Å²) in [4.78, 5) is 44.6. The van der Waals surface area contributed by atoms with Crippen molar-refractivity contribution in [1.29, 1.82) is 0 Å². The molecule has 8 heteroatoms. The van der Waals surface area contributed by atoms with E-state index in [1.165, 1.54) is 0 Å². The Morgan fingerprint density at radius 3 is 1.11 bits per heavy atom. The molecule has 0 unspecified atom stereocenters. The number of hydrogen-bond donors (Lipinski definition) is 2. The Balaban J connectivity index is 0. The fourth-order valence-electron chi connectivity index (χ4n) is 3.16. The van der Waals surface area contributed by atoms with Gasteiger partial charge in [-0.15, -0.1) is 0 Å². The second kappa shape index (κ2) is 25.5. The molecule has 0 fully saturated rings. The van der Waals surface area contributed by atoms with E-state index in [0.717, 1.165) is 89.2 Å². The van der Waals surface area contributed by atoms with Crippen molar-refractivity contribution in [3.63, 3.8) is 0 Å². The third-order valence-corrected chi connectivity index (χ3v) is 5.28. The highest BCUT2D eigenvalue weighted by Crippen LogP contribution is 2.19. The van der Waals surface area contributed by atoms with Gasteiger partial charge in [0, 0.05) is 23.3 Å². The van der Waals surface area contributed by atoms with Crippen LogP contribution < -0.4 is 0 Å². The highest BCUT2D eigenvalue weighted by Gasteiger charge is 2.19. The normalized spacial score (nSPS) is 11.3. The number of esters is 2. The van der Waals surface area contributed by atoms with Gasteiger partial charge in [0.1, 0.15) is 0 Å². The number of hydrogen-bond acceptors (Lipinski definition) is 6. The summed E-state index contributed by atoms with van der Waals surface area (Å²) >= 11 is 0. The van der Waals surface area contributed by atoms with E-state index in [2.05, 4.69) is 13.8 Å². The molecule has 0 aromatic heterocycles. The van der Waals surface area contributed by atoms with Crippen LogP contribution in [-0.2, 0) is 28.7 Å². The van der Waals surface area contributed by atoms with E-state index >= 15 is 0 Å².